The normalized spacial score (nSPS) is 12.1. The third-order valence-electron chi connectivity index (χ3n) is 6.48. The molecule has 0 fully saturated rings. The summed E-state index contributed by atoms with van der Waals surface area (Å²) in [4.78, 5) is 13.3. The average Bonchev–Trinajstić information content (AvgIpc) is 3.35. The Balaban J connectivity index is 1.72. The third-order valence-corrected chi connectivity index (χ3v) is 8.94. The van der Waals surface area contributed by atoms with E-state index < -0.39 is 37.1 Å². The number of anilines is 2. The Kier molecular flexibility index (Phi) is 7.30. The van der Waals surface area contributed by atoms with Crippen LogP contribution >= 0.6 is 0 Å². The van der Waals surface area contributed by atoms with Gasteiger partial charge in [-0.05, 0) is 41.5 Å². The molecular weight excluding hydrogens is 572 g/mol. The van der Waals surface area contributed by atoms with E-state index in [4.69, 9.17) is 0 Å². The summed E-state index contributed by atoms with van der Waals surface area (Å²) in [5.74, 6) is -2.23. The summed E-state index contributed by atoms with van der Waals surface area (Å²) in [6.45, 7) is 0. The lowest BCUT2D eigenvalue weighted by atomic mass is 9.99. The van der Waals surface area contributed by atoms with Gasteiger partial charge in [0.05, 0.1) is 17.2 Å². The lowest BCUT2D eigenvalue weighted by Gasteiger charge is -2.17. The maximum absolute atomic E-state index is 14.6. The molecule has 0 radical (unpaired) electrons. The number of nitrogens with zero attached hydrogens (tertiary/aromatic N) is 2. The van der Waals surface area contributed by atoms with Crippen LogP contribution in [0.5, 0.6) is 0 Å². The minimum atomic E-state index is -4.01. The molecule has 41 heavy (non-hydrogen) atoms. The van der Waals surface area contributed by atoms with E-state index in [-0.39, 0.29) is 22.7 Å². The molecule has 0 bridgehead atoms. The number of fused-ring (bicyclic) bond motifs is 1. The number of aryl methyl sites for hydroxylation is 1. The molecule has 12 heteroatoms. The second-order valence-corrected chi connectivity index (χ2v) is 13.8. The number of pyridine rings is 1. The van der Waals surface area contributed by atoms with Gasteiger partial charge in [-0.25, -0.2) is 29.6 Å². The van der Waals surface area contributed by atoms with Crippen molar-refractivity contribution in [1.29, 1.82) is 0 Å². The highest BCUT2D eigenvalue weighted by molar-refractivity contribution is 7.90. The van der Waals surface area contributed by atoms with Gasteiger partial charge in [-0.1, -0.05) is 36.4 Å². The van der Waals surface area contributed by atoms with Crippen LogP contribution < -0.4 is 10.9 Å². The van der Waals surface area contributed by atoms with Gasteiger partial charge in [0.2, 0.25) is 10.0 Å². The van der Waals surface area contributed by atoms with Crippen molar-refractivity contribution >= 4 is 42.1 Å². The van der Waals surface area contributed by atoms with Gasteiger partial charge in [0, 0.05) is 54.0 Å². The highest BCUT2D eigenvalue weighted by Crippen LogP contribution is 2.36. The van der Waals surface area contributed by atoms with Crippen molar-refractivity contribution in [3.05, 3.63) is 118 Å². The summed E-state index contributed by atoms with van der Waals surface area (Å²) in [5, 5.41) is 3.22. The topological polar surface area (TPSA) is 107 Å². The van der Waals surface area contributed by atoms with E-state index >= 15 is 0 Å². The average molecular weight is 598 g/mol. The van der Waals surface area contributed by atoms with Crippen molar-refractivity contribution in [2.45, 2.75) is 11.5 Å². The van der Waals surface area contributed by atoms with Gasteiger partial charge in [0.25, 0.3) is 5.56 Å². The lowest BCUT2D eigenvalue weighted by Crippen LogP contribution is -2.23. The van der Waals surface area contributed by atoms with Gasteiger partial charge in [-0.2, -0.15) is 0 Å². The van der Waals surface area contributed by atoms with E-state index in [1.165, 1.54) is 36.1 Å². The van der Waals surface area contributed by atoms with Crippen LogP contribution in [0.4, 0.5) is 20.2 Å². The molecule has 0 aliphatic rings. The summed E-state index contributed by atoms with van der Waals surface area (Å²) >= 11 is 0. The van der Waals surface area contributed by atoms with Gasteiger partial charge >= 0.3 is 0 Å². The highest BCUT2D eigenvalue weighted by Gasteiger charge is 2.23. The summed E-state index contributed by atoms with van der Waals surface area (Å²) in [6.07, 6.45) is 3.90. The predicted molar refractivity (Wildman–Crippen MR) is 155 cm³/mol. The van der Waals surface area contributed by atoms with Gasteiger partial charge in [-0.15, -0.1) is 0 Å². The van der Waals surface area contributed by atoms with Crippen LogP contribution in [0.25, 0.3) is 22.0 Å². The number of benzene rings is 3. The van der Waals surface area contributed by atoms with Crippen molar-refractivity contribution < 1.29 is 25.6 Å². The molecule has 0 aliphatic heterocycles. The first kappa shape index (κ1) is 28.2. The predicted octanol–water partition coefficient (Wildman–Crippen LogP) is 4.95. The molecule has 2 aromatic heterocycles. The first-order chi connectivity index (χ1) is 19.3. The SMILES string of the molecule is Cn1cc(-c2cc(CS(C)(=O)=O)ccc2Nc2ccc(F)cc2F)c2ccn(S(=O)(=O)Cc3ccccc3)c2c1=O. The summed E-state index contributed by atoms with van der Waals surface area (Å²) in [6, 6.07) is 17.8. The molecule has 3 aromatic carbocycles. The Bertz CT molecular complexity index is 2070. The Labute approximate surface area is 235 Å². The van der Waals surface area contributed by atoms with Gasteiger partial charge < -0.3 is 9.88 Å². The van der Waals surface area contributed by atoms with Crippen molar-refractivity contribution in [2.75, 3.05) is 11.6 Å². The Hall–Kier alpha value is -4.29. The lowest BCUT2D eigenvalue weighted by molar-refractivity contribution is 0.585. The van der Waals surface area contributed by atoms with E-state index in [2.05, 4.69) is 5.32 Å². The maximum atomic E-state index is 14.6. The number of hydrogen-bond donors (Lipinski definition) is 1. The van der Waals surface area contributed by atoms with E-state index in [0.717, 1.165) is 22.4 Å². The molecule has 1 N–H and O–H groups in total. The fourth-order valence-corrected chi connectivity index (χ4v) is 6.92. The highest BCUT2D eigenvalue weighted by atomic mass is 32.2. The van der Waals surface area contributed by atoms with Crippen LogP contribution in [0, 0.1) is 11.6 Å². The van der Waals surface area contributed by atoms with Gasteiger partial charge in [0.15, 0.2) is 9.84 Å². The number of hydrogen-bond acceptors (Lipinski definition) is 6. The number of halogens is 2. The van der Waals surface area contributed by atoms with Crippen LogP contribution in [-0.2, 0) is 38.4 Å². The molecular formula is C29H25F2N3O5S2. The zero-order valence-corrected chi connectivity index (χ0v) is 23.6. The number of nitrogens with one attached hydrogen (secondary N) is 1. The Morgan fingerprint density at radius 3 is 2.20 bits per heavy atom. The minimum Gasteiger partial charge on any atom is -0.353 e. The minimum absolute atomic E-state index is 0.0346. The first-order valence-electron chi connectivity index (χ1n) is 12.3. The second-order valence-electron chi connectivity index (χ2n) is 9.77. The van der Waals surface area contributed by atoms with Crippen molar-refractivity contribution in [3.8, 4) is 11.1 Å². The van der Waals surface area contributed by atoms with Crippen molar-refractivity contribution in [2.24, 2.45) is 7.05 Å². The molecule has 5 aromatic rings. The number of aromatic nitrogens is 2. The van der Waals surface area contributed by atoms with Gasteiger partial charge in [0.1, 0.15) is 17.2 Å². The van der Waals surface area contributed by atoms with Crippen molar-refractivity contribution in [3.63, 3.8) is 0 Å². The first-order valence-corrected chi connectivity index (χ1v) is 16.0. The molecule has 2 heterocycles. The third kappa shape index (κ3) is 5.93. The van der Waals surface area contributed by atoms with Crippen LogP contribution in [0.1, 0.15) is 11.1 Å². The zero-order valence-electron chi connectivity index (χ0n) is 22.0. The van der Waals surface area contributed by atoms with Crippen LogP contribution in [0.2, 0.25) is 0 Å². The van der Waals surface area contributed by atoms with E-state index in [1.54, 1.807) is 48.5 Å². The molecule has 8 nitrogen and oxygen atoms in total. The smallest absolute Gasteiger partial charge is 0.275 e. The summed E-state index contributed by atoms with van der Waals surface area (Å²) < 4.78 is 81.3. The molecule has 212 valence electrons. The largest absolute Gasteiger partial charge is 0.353 e. The van der Waals surface area contributed by atoms with Crippen LogP contribution in [-0.4, -0.2) is 31.6 Å². The second kappa shape index (κ2) is 10.6. The molecule has 0 spiro atoms. The molecule has 0 aliphatic carbocycles. The fraction of sp³-hybridized carbons (Fsp3) is 0.138. The Morgan fingerprint density at radius 2 is 1.51 bits per heavy atom. The van der Waals surface area contributed by atoms with E-state index in [9.17, 15) is 30.4 Å². The number of sulfone groups is 1. The maximum Gasteiger partial charge on any atom is 0.275 e. The monoisotopic (exact) mass is 597 g/mol. The van der Waals surface area contributed by atoms with E-state index in [0.29, 0.717) is 33.3 Å². The summed E-state index contributed by atoms with van der Waals surface area (Å²) in [5.41, 5.74) is 1.39. The molecule has 0 unspecified atom stereocenters. The Morgan fingerprint density at radius 1 is 0.805 bits per heavy atom. The van der Waals surface area contributed by atoms with Gasteiger partial charge in [-0.3, -0.25) is 4.79 Å². The fourth-order valence-electron chi connectivity index (χ4n) is 4.68. The molecule has 0 atom stereocenters. The standard InChI is InChI=1S/C29H25F2N3O5S2/c1-33-16-24(22-12-13-34(28(22)29(33)35)41(38,39)18-19-6-4-3-5-7-19)23-14-20(17-40(2,36)37)8-10-26(23)32-27-11-9-21(30)15-25(27)31/h3-16,32H,17-18H2,1-2H3. The molecule has 0 amide bonds. The van der Waals surface area contributed by atoms with Crippen molar-refractivity contribution in [1.82, 2.24) is 8.54 Å². The van der Waals surface area contributed by atoms with Crippen LogP contribution in [0.3, 0.4) is 0 Å². The van der Waals surface area contributed by atoms with E-state index in [1.807, 2.05) is 0 Å². The van der Waals surface area contributed by atoms with Crippen LogP contribution in [0.15, 0.2) is 90.0 Å². The summed E-state index contributed by atoms with van der Waals surface area (Å²) in [7, 11) is -5.96. The quantitative estimate of drug-likeness (QED) is 0.271. The molecule has 0 saturated heterocycles. The molecule has 0 saturated carbocycles. The molecule has 5 rings (SSSR count). The zero-order chi connectivity index (χ0) is 29.5. The number of rotatable bonds is 8.